The molecule has 0 saturated carbocycles. The Bertz CT molecular complexity index is 805. The number of hydrogen-bond acceptors (Lipinski definition) is 5. The molecule has 3 rings (SSSR count). The van der Waals surface area contributed by atoms with E-state index < -0.39 is 11.9 Å². The third-order valence-corrected chi connectivity index (χ3v) is 4.47. The maximum Gasteiger partial charge on any atom is 0.223 e. The molecule has 1 saturated heterocycles. The maximum atomic E-state index is 12.0. The summed E-state index contributed by atoms with van der Waals surface area (Å²) in [6, 6.07) is 15.4. The molecule has 2 aromatic carbocycles. The molecule has 142 valence electrons. The van der Waals surface area contributed by atoms with Crippen LogP contribution < -0.4 is 14.6 Å². The number of carboxylic acids is 1. The highest BCUT2D eigenvalue weighted by atomic mass is 16.5. The van der Waals surface area contributed by atoms with E-state index in [0.717, 1.165) is 11.1 Å². The topological polar surface area (TPSA) is 78.9 Å². The number of carbonyl (C=O) groups is 2. The van der Waals surface area contributed by atoms with Crippen molar-refractivity contribution >= 4 is 11.9 Å². The highest BCUT2D eigenvalue weighted by Gasteiger charge is 2.30. The summed E-state index contributed by atoms with van der Waals surface area (Å²) in [4.78, 5) is 24.5. The lowest BCUT2D eigenvalue weighted by Gasteiger charge is -2.19. The molecule has 0 radical (unpaired) electrons. The van der Waals surface area contributed by atoms with Gasteiger partial charge < -0.3 is 24.3 Å². The number of benzene rings is 2. The van der Waals surface area contributed by atoms with Gasteiger partial charge >= 0.3 is 0 Å². The van der Waals surface area contributed by atoms with Gasteiger partial charge in [-0.05, 0) is 30.2 Å². The predicted octanol–water partition coefficient (Wildman–Crippen LogP) is 1.76. The average molecular weight is 368 g/mol. The number of hydrogen-bond donors (Lipinski definition) is 0. The third kappa shape index (κ3) is 4.78. The van der Waals surface area contributed by atoms with Crippen LogP contribution in [0.5, 0.6) is 11.5 Å². The van der Waals surface area contributed by atoms with Crippen LogP contribution in [0.2, 0.25) is 0 Å². The second-order valence-electron chi connectivity index (χ2n) is 6.48. The average Bonchev–Trinajstić information content (AvgIpc) is 3.03. The highest BCUT2D eigenvalue weighted by Crippen LogP contribution is 2.30. The summed E-state index contributed by atoms with van der Waals surface area (Å²) in [6.07, 6.45) is -0.00107. The minimum Gasteiger partial charge on any atom is -0.550 e. The van der Waals surface area contributed by atoms with Crippen molar-refractivity contribution in [3.8, 4) is 11.5 Å². The molecule has 1 fully saturated rings. The fraction of sp³-hybridized carbons (Fsp3) is 0.333. The molecule has 1 amide bonds. The van der Waals surface area contributed by atoms with E-state index in [4.69, 9.17) is 9.47 Å². The number of ether oxygens (including phenoxy) is 2. The molecule has 1 aliphatic rings. The van der Waals surface area contributed by atoms with E-state index in [9.17, 15) is 14.7 Å². The van der Waals surface area contributed by atoms with Gasteiger partial charge in [0, 0.05) is 31.4 Å². The van der Waals surface area contributed by atoms with Crippen LogP contribution in [0.25, 0.3) is 0 Å². The van der Waals surface area contributed by atoms with Crippen LogP contribution >= 0.6 is 0 Å². The number of rotatable bonds is 8. The minimum atomic E-state index is -1.18. The maximum absolute atomic E-state index is 12.0. The van der Waals surface area contributed by atoms with Crippen molar-refractivity contribution in [1.29, 1.82) is 0 Å². The zero-order valence-electron chi connectivity index (χ0n) is 15.2. The molecule has 1 heterocycles. The summed E-state index contributed by atoms with van der Waals surface area (Å²) in [5.41, 5.74) is 1.91. The van der Waals surface area contributed by atoms with Gasteiger partial charge in [0.15, 0.2) is 11.5 Å². The molecule has 0 unspecified atom stereocenters. The largest absolute Gasteiger partial charge is 0.550 e. The molecule has 0 aromatic heterocycles. The number of likely N-dealkylation sites (tertiary alicyclic amines) is 1. The summed E-state index contributed by atoms with van der Waals surface area (Å²) in [5.74, 6) is -0.853. The quantitative estimate of drug-likeness (QED) is 0.709. The number of carboxylic acid groups (broad SMARTS) is 1. The van der Waals surface area contributed by atoms with Gasteiger partial charge in [0.25, 0.3) is 0 Å². The van der Waals surface area contributed by atoms with Crippen LogP contribution in [0.15, 0.2) is 48.5 Å². The summed E-state index contributed by atoms with van der Waals surface area (Å²) in [7, 11) is 0. The molecular weight excluding hydrogens is 346 g/mol. The molecule has 27 heavy (non-hydrogen) atoms. The van der Waals surface area contributed by atoms with E-state index >= 15 is 0 Å². The van der Waals surface area contributed by atoms with Crippen LogP contribution in [0.1, 0.15) is 24.5 Å². The smallest absolute Gasteiger partial charge is 0.223 e. The number of nitrogens with zero attached hydrogens (tertiary/aromatic N) is 1. The van der Waals surface area contributed by atoms with E-state index in [-0.39, 0.29) is 18.9 Å². The molecule has 0 spiro atoms. The van der Waals surface area contributed by atoms with E-state index in [1.165, 1.54) is 4.90 Å². The first kappa shape index (κ1) is 18.8. The molecule has 2 aromatic rings. The highest BCUT2D eigenvalue weighted by molar-refractivity contribution is 5.85. The van der Waals surface area contributed by atoms with Gasteiger partial charge in [-0.1, -0.05) is 36.4 Å². The molecule has 1 aliphatic heterocycles. The van der Waals surface area contributed by atoms with Crippen LogP contribution in [-0.4, -0.2) is 29.9 Å². The fourth-order valence-corrected chi connectivity index (χ4v) is 3.08. The Morgan fingerprint density at radius 3 is 2.56 bits per heavy atom. The molecule has 0 bridgehead atoms. The molecule has 0 N–H and O–H groups in total. The third-order valence-electron chi connectivity index (χ3n) is 4.47. The minimum absolute atomic E-state index is 0.00107. The number of amides is 1. The summed E-state index contributed by atoms with van der Waals surface area (Å²) in [6.45, 7) is 3.32. The Kier molecular flexibility index (Phi) is 5.96. The van der Waals surface area contributed by atoms with E-state index in [0.29, 0.717) is 31.3 Å². The lowest BCUT2D eigenvalue weighted by atomic mass is 10.1. The van der Waals surface area contributed by atoms with Crippen molar-refractivity contribution in [2.45, 2.75) is 26.5 Å². The predicted molar refractivity (Wildman–Crippen MR) is 96.9 cm³/mol. The van der Waals surface area contributed by atoms with Crippen molar-refractivity contribution in [3.63, 3.8) is 0 Å². The van der Waals surface area contributed by atoms with Gasteiger partial charge in [-0.15, -0.1) is 0 Å². The van der Waals surface area contributed by atoms with Crippen molar-refractivity contribution in [1.82, 2.24) is 4.90 Å². The van der Waals surface area contributed by atoms with E-state index in [1.807, 2.05) is 55.5 Å². The number of aliphatic carboxylic acids is 1. The van der Waals surface area contributed by atoms with Gasteiger partial charge in [0.05, 0.1) is 6.61 Å². The Morgan fingerprint density at radius 1 is 1.11 bits per heavy atom. The monoisotopic (exact) mass is 368 g/mol. The summed E-state index contributed by atoms with van der Waals surface area (Å²) < 4.78 is 11.6. The van der Waals surface area contributed by atoms with Crippen LogP contribution in [-0.2, 0) is 22.7 Å². The van der Waals surface area contributed by atoms with E-state index in [2.05, 4.69) is 0 Å². The van der Waals surface area contributed by atoms with Gasteiger partial charge in [-0.25, -0.2) is 0 Å². The first-order valence-corrected chi connectivity index (χ1v) is 8.98. The number of carbonyl (C=O) groups excluding carboxylic acids is 2. The molecule has 6 heteroatoms. The van der Waals surface area contributed by atoms with Crippen molar-refractivity contribution in [3.05, 3.63) is 59.7 Å². The molecule has 1 atom stereocenters. The lowest BCUT2D eigenvalue weighted by molar-refractivity contribution is -0.311. The second-order valence-corrected chi connectivity index (χ2v) is 6.48. The van der Waals surface area contributed by atoms with Crippen molar-refractivity contribution in [2.24, 2.45) is 5.92 Å². The van der Waals surface area contributed by atoms with Crippen molar-refractivity contribution in [2.75, 3.05) is 13.2 Å². The van der Waals surface area contributed by atoms with Crippen LogP contribution in [0, 0.1) is 5.92 Å². The Morgan fingerprint density at radius 2 is 1.89 bits per heavy atom. The SMILES string of the molecule is CCOc1cc(CN2C[C@@H](C(=O)[O-])CC2=O)ccc1OCc1ccccc1. The normalized spacial score (nSPS) is 16.4. The van der Waals surface area contributed by atoms with Gasteiger partial charge in [0.2, 0.25) is 5.91 Å². The first-order chi connectivity index (χ1) is 13.1. The summed E-state index contributed by atoms with van der Waals surface area (Å²) >= 11 is 0. The lowest BCUT2D eigenvalue weighted by Crippen LogP contribution is -2.33. The van der Waals surface area contributed by atoms with E-state index in [1.54, 1.807) is 0 Å². The summed E-state index contributed by atoms with van der Waals surface area (Å²) in [5, 5.41) is 11.0. The fourth-order valence-electron chi connectivity index (χ4n) is 3.08. The zero-order chi connectivity index (χ0) is 19.2. The van der Waals surface area contributed by atoms with Gasteiger partial charge in [-0.3, -0.25) is 4.79 Å². The molecule has 6 nitrogen and oxygen atoms in total. The van der Waals surface area contributed by atoms with Gasteiger partial charge in [-0.2, -0.15) is 0 Å². The standard InChI is InChI=1S/C21H23NO5/c1-2-26-19-10-16(12-22-13-17(21(24)25)11-20(22)23)8-9-18(19)27-14-15-6-4-3-5-7-15/h3-10,17H,2,11-14H2,1H3,(H,24,25)/p-1/t17-/m0/s1. The van der Waals surface area contributed by atoms with Gasteiger partial charge in [0.1, 0.15) is 6.61 Å². The molecule has 0 aliphatic carbocycles. The zero-order valence-corrected chi connectivity index (χ0v) is 15.2. The Labute approximate surface area is 158 Å². The van der Waals surface area contributed by atoms with Crippen molar-refractivity contribution < 1.29 is 24.2 Å². The first-order valence-electron chi connectivity index (χ1n) is 8.98. The Balaban J connectivity index is 1.69. The van der Waals surface area contributed by atoms with Crippen LogP contribution in [0.3, 0.4) is 0 Å². The Hall–Kier alpha value is -3.02. The second kappa shape index (κ2) is 8.58. The molecular formula is C21H22NO5-. The van der Waals surface area contributed by atoms with Crippen LogP contribution in [0.4, 0.5) is 0 Å².